The predicted molar refractivity (Wildman–Crippen MR) is 76.4 cm³/mol. The van der Waals surface area contributed by atoms with E-state index in [0.29, 0.717) is 29.4 Å². The fraction of sp³-hybridized carbons (Fsp3) is 0.500. The van der Waals surface area contributed by atoms with E-state index in [2.05, 4.69) is 6.92 Å². The van der Waals surface area contributed by atoms with Crippen LogP contribution in [-0.4, -0.2) is 36.1 Å². The third-order valence-corrected chi connectivity index (χ3v) is 3.74. The molecule has 0 bridgehead atoms. The fourth-order valence-electron chi connectivity index (χ4n) is 2.29. The van der Waals surface area contributed by atoms with Crippen LogP contribution in [0.15, 0.2) is 18.2 Å². The van der Waals surface area contributed by atoms with Gasteiger partial charge in [0.15, 0.2) is 0 Å². The Kier molecular flexibility index (Phi) is 4.32. The molecule has 2 rings (SSSR count). The molecule has 0 saturated carbocycles. The van der Waals surface area contributed by atoms with Crippen molar-refractivity contribution in [3.8, 4) is 0 Å². The number of amides is 1. The maximum absolute atomic E-state index is 12.6. The molecule has 1 amide bonds. The molecule has 1 fully saturated rings. The molecular weight excluding hydrogens is 264 g/mol. The van der Waals surface area contributed by atoms with Crippen molar-refractivity contribution < 1.29 is 9.53 Å². The summed E-state index contributed by atoms with van der Waals surface area (Å²) in [6.07, 6.45) is 0.921. The van der Waals surface area contributed by atoms with E-state index in [9.17, 15) is 4.79 Å². The number of carbonyl (C=O) groups is 1. The van der Waals surface area contributed by atoms with Crippen molar-refractivity contribution >= 4 is 23.2 Å². The van der Waals surface area contributed by atoms with Gasteiger partial charge in [-0.2, -0.15) is 0 Å². The molecule has 1 heterocycles. The first-order valence-corrected chi connectivity index (χ1v) is 6.88. The number of hydrogen-bond donors (Lipinski definition) is 1. The summed E-state index contributed by atoms with van der Waals surface area (Å²) in [5, 5.41) is 0.402. The van der Waals surface area contributed by atoms with Crippen molar-refractivity contribution in [2.75, 3.05) is 18.9 Å². The molecule has 0 spiro atoms. The number of ether oxygens (including phenoxy) is 1. The number of carbonyl (C=O) groups excluding carboxylic acids is 1. The van der Waals surface area contributed by atoms with Crippen LogP contribution in [0, 0.1) is 0 Å². The highest BCUT2D eigenvalue weighted by molar-refractivity contribution is 6.34. The number of nitrogens with zero attached hydrogens (tertiary/aromatic N) is 1. The van der Waals surface area contributed by atoms with E-state index in [1.165, 1.54) is 0 Å². The summed E-state index contributed by atoms with van der Waals surface area (Å²) in [7, 11) is 0. The van der Waals surface area contributed by atoms with Gasteiger partial charge in [0, 0.05) is 12.2 Å². The molecule has 1 aromatic rings. The summed E-state index contributed by atoms with van der Waals surface area (Å²) in [5.74, 6) is -0.0491. The second-order valence-electron chi connectivity index (χ2n) is 4.90. The van der Waals surface area contributed by atoms with Crippen LogP contribution in [-0.2, 0) is 4.74 Å². The first-order chi connectivity index (χ1) is 9.02. The van der Waals surface area contributed by atoms with Gasteiger partial charge in [-0.1, -0.05) is 18.5 Å². The van der Waals surface area contributed by atoms with E-state index >= 15 is 0 Å². The van der Waals surface area contributed by atoms with E-state index < -0.39 is 0 Å². The topological polar surface area (TPSA) is 55.6 Å². The summed E-state index contributed by atoms with van der Waals surface area (Å²) in [6, 6.07) is 5.11. The second kappa shape index (κ2) is 5.80. The lowest BCUT2D eigenvalue weighted by molar-refractivity contribution is -0.0443. The van der Waals surface area contributed by atoms with Gasteiger partial charge in [0.1, 0.15) is 0 Å². The van der Waals surface area contributed by atoms with Crippen molar-refractivity contribution in [3.63, 3.8) is 0 Å². The van der Waals surface area contributed by atoms with Crippen LogP contribution in [0.2, 0.25) is 5.02 Å². The molecule has 0 radical (unpaired) electrons. The van der Waals surface area contributed by atoms with E-state index in [4.69, 9.17) is 22.1 Å². The molecule has 19 heavy (non-hydrogen) atoms. The fourth-order valence-corrected chi connectivity index (χ4v) is 2.56. The van der Waals surface area contributed by atoms with E-state index in [1.807, 2.05) is 11.8 Å². The molecule has 1 aliphatic heterocycles. The Morgan fingerprint density at radius 1 is 1.58 bits per heavy atom. The van der Waals surface area contributed by atoms with E-state index in [0.717, 1.165) is 6.42 Å². The standard InChI is InChI=1S/C14H19ClN2O2/c1-3-11-8-19-9(2)7-17(11)14(18)12-5-4-10(16)6-13(12)15/h4-6,9,11H,3,7-8,16H2,1-2H3. The molecule has 2 unspecified atom stereocenters. The van der Waals surface area contributed by atoms with Crippen molar-refractivity contribution in [2.24, 2.45) is 0 Å². The highest BCUT2D eigenvalue weighted by Crippen LogP contribution is 2.24. The van der Waals surface area contributed by atoms with Crippen LogP contribution >= 0.6 is 11.6 Å². The number of hydrogen-bond acceptors (Lipinski definition) is 3. The van der Waals surface area contributed by atoms with Gasteiger partial charge in [0.2, 0.25) is 0 Å². The van der Waals surface area contributed by atoms with Gasteiger partial charge in [0.25, 0.3) is 5.91 Å². The minimum atomic E-state index is -0.0491. The zero-order valence-corrected chi connectivity index (χ0v) is 12.0. The number of halogens is 1. The Bertz CT molecular complexity index is 479. The average Bonchev–Trinajstić information content (AvgIpc) is 2.38. The third kappa shape index (κ3) is 3.01. The average molecular weight is 283 g/mol. The van der Waals surface area contributed by atoms with Gasteiger partial charge in [-0.3, -0.25) is 4.79 Å². The highest BCUT2D eigenvalue weighted by atomic mass is 35.5. The lowest BCUT2D eigenvalue weighted by Gasteiger charge is -2.38. The number of nitrogen functional groups attached to an aromatic ring is 1. The Labute approximate surface area is 118 Å². The zero-order chi connectivity index (χ0) is 14.0. The first-order valence-electron chi connectivity index (χ1n) is 6.50. The summed E-state index contributed by atoms with van der Waals surface area (Å²) >= 11 is 6.11. The molecule has 1 aromatic carbocycles. The molecule has 2 N–H and O–H groups in total. The summed E-state index contributed by atoms with van der Waals surface area (Å²) < 4.78 is 5.60. The normalized spacial score (nSPS) is 23.4. The van der Waals surface area contributed by atoms with Gasteiger partial charge in [0.05, 0.1) is 29.3 Å². The molecular formula is C14H19ClN2O2. The minimum Gasteiger partial charge on any atom is -0.399 e. The molecule has 0 aliphatic carbocycles. The van der Waals surface area contributed by atoms with Crippen molar-refractivity contribution in [3.05, 3.63) is 28.8 Å². The van der Waals surface area contributed by atoms with Crippen LogP contribution in [0.5, 0.6) is 0 Å². The van der Waals surface area contributed by atoms with Crippen LogP contribution in [0.4, 0.5) is 5.69 Å². The molecule has 4 nitrogen and oxygen atoms in total. The highest BCUT2D eigenvalue weighted by Gasteiger charge is 2.30. The number of anilines is 1. The first kappa shape index (κ1) is 14.2. The largest absolute Gasteiger partial charge is 0.399 e. The number of benzene rings is 1. The van der Waals surface area contributed by atoms with Gasteiger partial charge < -0.3 is 15.4 Å². The minimum absolute atomic E-state index is 0.0491. The smallest absolute Gasteiger partial charge is 0.255 e. The van der Waals surface area contributed by atoms with Gasteiger partial charge >= 0.3 is 0 Å². The van der Waals surface area contributed by atoms with Crippen molar-refractivity contribution in [1.29, 1.82) is 0 Å². The number of morpholine rings is 1. The summed E-state index contributed by atoms with van der Waals surface area (Å²) in [6.45, 7) is 5.19. The Balaban J connectivity index is 2.25. The van der Waals surface area contributed by atoms with Gasteiger partial charge in [-0.05, 0) is 31.5 Å². The van der Waals surface area contributed by atoms with E-state index in [1.54, 1.807) is 18.2 Å². The quantitative estimate of drug-likeness (QED) is 0.848. The molecule has 1 aliphatic rings. The summed E-state index contributed by atoms with van der Waals surface area (Å²) in [4.78, 5) is 14.4. The van der Waals surface area contributed by atoms with Crippen LogP contribution in [0.1, 0.15) is 30.6 Å². The molecule has 2 atom stereocenters. The SMILES string of the molecule is CCC1COC(C)CN1C(=O)c1ccc(N)cc1Cl. The van der Waals surface area contributed by atoms with Crippen LogP contribution in [0.25, 0.3) is 0 Å². The van der Waals surface area contributed by atoms with Gasteiger partial charge in [-0.25, -0.2) is 0 Å². The molecule has 5 heteroatoms. The van der Waals surface area contributed by atoms with Crippen molar-refractivity contribution in [1.82, 2.24) is 4.90 Å². The lowest BCUT2D eigenvalue weighted by Crippen LogP contribution is -2.51. The number of rotatable bonds is 2. The molecule has 104 valence electrons. The Morgan fingerprint density at radius 2 is 2.32 bits per heavy atom. The third-order valence-electron chi connectivity index (χ3n) is 3.42. The maximum Gasteiger partial charge on any atom is 0.255 e. The second-order valence-corrected chi connectivity index (χ2v) is 5.31. The zero-order valence-electron chi connectivity index (χ0n) is 11.2. The Morgan fingerprint density at radius 3 is 2.95 bits per heavy atom. The van der Waals surface area contributed by atoms with E-state index in [-0.39, 0.29) is 18.1 Å². The van der Waals surface area contributed by atoms with Crippen LogP contribution < -0.4 is 5.73 Å². The lowest BCUT2D eigenvalue weighted by atomic mass is 10.1. The Hall–Kier alpha value is -1.26. The molecule has 1 saturated heterocycles. The summed E-state index contributed by atoms with van der Waals surface area (Å²) in [5.41, 5.74) is 6.71. The van der Waals surface area contributed by atoms with Crippen LogP contribution in [0.3, 0.4) is 0 Å². The van der Waals surface area contributed by atoms with Crippen molar-refractivity contribution in [2.45, 2.75) is 32.4 Å². The predicted octanol–water partition coefficient (Wildman–Crippen LogP) is 2.56. The monoisotopic (exact) mass is 282 g/mol. The molecule has 0 aromatic heterocycles. The number of nitrogens with two attached hydrogens (primary N) is 1. The maximum atomic E-state index is 12.6. The van der Waals surface area contributed by atoms with Gasteiger partial charge in [-0.15, -0.1) is 0 Å².